The molecule has 0 aliphatic carbocycles. The molecule has 0 heterocycles. The number of para-hydroxylation sites is 1. The van der Waals surface area contributed by atoms with Crippen LogP contribution in [-0.4, -0.2) is 10.7 Å². The fraction of sp³-hybridized carbons (Fsp3) is 0. The summed E-state index contributed by atoms with van der Waals surface area (Å²) < 4.78 is 0. The van der Waals surface area contributed by atoms with E-state index < -0.39 is 4.92 Å². The van der Waals surface area contributed by atoms with Gasteiger partial charge in [0.2, 0.25) is 0 Å². The Bertz CT molecular complexity index is 931. The number of non-ortho nitro benzene ring substituents is 1. The molecule has 3 rings (SSSR count). The first-order valence-corrected chi connectivity index (χ1v) is 8.01. The van der Waals surface area contributed by atoms with Gasteiger partial charge in [-0.2, -0.15) is 0 Å². The van der Waals surface area contributed by atoms with Crippen molar-refractivity contribution in [3.05, 3.63) is 106 Å². The van der Waals surface area contributed by atoms with E-state index in [1.54, 1.807) is 30.3 Å². The minimum Gasteiger partial charge on any atom is -0.356 e. The van der Waals surface area contributed by atoms with Gasteiger partial charge >= 0.3 is 0 Å². The fourth-order valence-corrected chi connectivity index (χ4v) is 2.38. The van der Waals surface area contributed by atoms with Gasteiger partial charge in [-0.05, 0) is 60.2 Å². The largest absolute Gasteiger partial charge is 0.356 e. The van der Waals surface area contributed by atoms with E-state index in [1.165, 1.54) is 18.2 Å². The molecule has 0 fully saturated rings. The number of nitrogens with zero attached hydrogens (tertiary/aromatic N) is 1. The van der Waals surface area contributed by atoms with E-state index >= 15 is 0 Å². The second-order valence-electron chi connectivity index (χ2n) is 5.61. The van der Waals surface area contributed by atoms with Gasteiger partial charge in [0.25, 0.3) is 5.69 Å². The van der Waals surface area contributed by atoms with Crippen LogP contribution in [0.1, 0.15) is 15.9 Å². The Morgan fingerprint density at radius 2 is 1.46 bits per heavy atom. The van der Waals surface area contributed by atoms with Gasteiger partial charge < -0.3 is 5.32 Å². The van der Waals surface area contributed by atoms with E-state index in [0.717, 1.165) is 16.9 Å². The molecule has 0 spiro atoms. The highest BCUT2D eigenvalue weighted by Gasteiger charge is 2.04. The van der Waals surface area contributed by atoms with Crippen molar-refractivity contribution in [3.63, 3.8) is 0 Å². The SMILES string of the molecule is O=C(C=Cc1ccc([N+](=O)[O-])cc1)c1ccc(Nc2ccccc2)cc1. The van der Waals surface area contributed by atoms with Crippen LogP contribution < -0.4 is 5.32 Å². The van der Waals surface area contributed by atoms with Gasteiger partial charge in [-0.3, -0.25) is 14.9 Å². The summed E-state index contributed by atoms with van der Waals surface area (Å²) in [6.07, 6.45) is 3.10. The second kappa shape index (κ2) is 7.90. The quantitative estimate of drug-likeness (QED) is 0.287. The van der Waals surface area contributed by atoms with Gasteiger partial charge in [0.1, 0.15) is 0 Å². The maximum Gasteiger partial charge on any atom is 0.269 e. The zero-order chi connectivity index (χ0) is 18.4. The minimum atomic E-state index is -0.455. The number of nitrogens with one attached hydrogen (secondary N) is 1. The molecule has 0 atom stereocenters. The molecule has 0 aliphatic rings. The number of nitro benzene ring substituents is 1. The predicted octanol–water partition coefficient (Wildman–Crippen LogP) is 5.23. The minimum absolute atomic E-state index is 0.0231. The second-order valence-corrected chi connectivity index (χ2v) is 5.61. The van der Waals surface area contributed by atoms with Gasteiger partial charge in [-0.15, -0.1) is 0 Å². The van der Waals surface area contributed by atoms with E-state index in [-0.39, 0.29) is 11.5 Å². The molecule has 1 N–H and O–H groups in total. The molecule has 3 aromatic carbocycles. The average Bonchev–Trinajstić information content (AvgIpc) is 2.68. The number of nitro groups is 1. The number of carbonyl (C=O) groups is 1. The first-order chi connectivity index (χ1) is 12.6. The van der Waals surface area contributed by atoms with E-state index in [2.05, 4.69) is 5.32 Å². The summed E-state index contributed by atoms with van der Waals surface area (Å²) in [6.45, 7) is 0. The normalized spacial score (nSPS) is 10.6. The van der Waals surface area contributed by atoms with Crippen molar-refractivity contribution in [1.29, 1.82) is 0 Å². The van der Waals surface area contributed by atoms with Crippen molar-refractivity contribution in [3.8, 4) is 0 Å². The molecule has 0 saturated heterocycles. The number of benzene rings is 3. The van der Waals surface area contributed by atoms with Gasteiger partial charge in [-0.25, -0.2) is 0 Å². The Morgan fingerprint density at radius 3 is 2.08 bits per heavy atom. The smallest absolute Gasteiger partial charge is 0.269 e. The van der Waals surface area contributed by atoms with E-state index in [0.29, 0.717) is 5.56 Å². The number of anilines is 2. The average molecular weight is 344 g/mol. The van der Waals surface area contributed by atoms with Crippen LogP contribution >= 0.6 is 0 Å². The van der Waals surface area contributed by atoms with Gasteiger partial charge in [0.05, 0.1) is 4.92 Å². The lowest BCUT2D eigenvalue weighted by Gasteiger charge is -2.06. The molecule has 5 heteroatoms. The molecule has 0 bridgehead atoms. The fourth-order valence-electron chi connectivity index (χ4n) is 2.38. The third-order valence-corrected chi connectivity index (χ3v) is 3.76. The lowest BCUT2D eigenvalue weighted by atomic mass is 10.1. The Morgan fingerprint density at radius 1 is 0.846 bits per heavy atom. The molecule has 0 unspecified atom stereocenters. The highest BCUT2D eigenvalue weighted by atomic mass is 16.6. The van der Waals surface area contributed by atoms with Gasteiger partial charge in [-0.1, -0.05) is 24.3 Å². The Labute approximate surface area is 150 Å². The molecule has 128 valence electrons. The van der Waals surface area contributed by atoms with Gasteiger partial charge in [0, 0.05) is 29.1 Å². The van der Waals surface area contributed by atoms with Crippen LogP contribution in [-0.2, 0) is 0 Å². The zero-order valence-corrected chi connectivity index (χ0v) is 13.8. The summed E-state index contributed by atoms with van der Waals surface area (Å²) in [6, 6.07) is 23.0. The Hall–Kier alpha value is -3.73. The lowest BCUT2D eigenvalue weighted by Crippen LogP contribution is -1.95. The monoisotopic (exact) mass is 344 g/mol. The van der Waals surface area contributed by atoms with Crippen molar-refractivity contribution in [2.45, 2.75) is 0 Å². The van der Waals surface area contributed by atoms with Crippen molar-refractivity contribution in [1.82, 2.24) is 0 Å². The molecular formula is C21H16N2O3. The molecule has 0 radical (unpaired) electrons. The topological polar surface area (TPSA) is 72.2 Å². The number of carbonyl (C=O) groups excluding carboxylic acids is 1. The molecular weight excluding hydrogens is 328 g/mol. The summed E-state index contributed by atoms with van der Waals surface area (Å²) in [5.74, 6) is -0.130. The number of hydrogen-bond donors (Lipinski definition) is 1. The highest BCUT2D eigenvalue weighted by molar-refractivity contribution is 6.07. The molecule has 26 heavy (non-hydrogen) atoms. The number of allylic oxidation sites excluding steroid dienone is 1. The summed E-state index contributed by atoms with van der Waals surface area (Å²) in [5, 5.41) is 13.9. The first kappa shape index (κ1) is 17.1. The molecule has 0 amide bonds. The van der Waals surface area contributed by atoms with Crippen LogP contribution in [0.3, 0.4) is 0 Å². The van der Waals surface area contributed by atoms with Crippen molar-refractivity contribution in [2.75, 3.05) is 5.32 Å². The zero-order valence-electron chi connectivity index (χ0n) is 13.8. The summed E-state index contributed by atoms with van der Waals surface area (Å²) >= 11 is 0. The maximum absolute atomic E-state index is 12.2. The maximum atomic E-state index is 12.2. The standard InChI is InChI=1S/C21H16N2O3/c24-21(15-8-16-6-13-20(14-7-16)23(25)26)17-9-11-19(12-10-17)22-18-4-2-1-3-5-18/h1-15,22H. The van der Waals surface area contributed by atoms with Crippen LogP contribution in [0, 0.1) is 10.1 Å². The van der Waals surface area contributed by atoms with Crippen LogP contribution in [0.2, 0.25) is 0 Å². The Kier molecular flexibility index (Phi) is 5.19. The summed E-state index contributed by atoms with van der Waals surface area (Å²) in [4.78, 5) is 22.4. The number of ketones is 1. The first-order valence-electron chi connectivity index (χ1n) is 8.01. The van der Waals surface area contributed by atoms with E-state index in [4.69, 9.17) is 0 Å². The van der Waals surface area contributed by atoms with Crippen molar-refractivity contribution < 1.29 is 9.72 Å². The third kappa shape index (κ3) is 4.42. The van der Waals surface area contributed by atoms with Gasteiger partial charge in [0.15, 0.2) is 5.78 Å². The molecule has 5 nitrogen and oxygen atoms in total. The van der Waals surface area contributed by atoms with Crippen LogP contribution in [0.15, 0.2) is 84.9 Å². The molecule has 0 aliphatic heterocycles. The van der Waals surface area contributed by atoms with Crippen LogP contribution in [0.25, 0.3) is 6.08 Å². The molecule has 3 aromatic rings. The molecule has 0 saturated carbocycles. The summed E-state index contributed by atoms with van der Waals surface area (Å²) in [7, 11) is 0. The van der Waals surface area contributed by atoms with Crippen molar-refractivity contribution in [2.24, 2.45) is 0 Å². The van der Waals surface area contributed by atoms with Crippen molar-refractivity contribution >= 4 is 28.9 Å². The molecule has 0 aromatic heterocycles. The predicted molar refractivity (Wildman–Crippen MR) is 103 cm³/mol. The number of hydrogen-bond acceptors (Lipinski definition) is 4. The van der Waals surface area contributed by atoms with Crippen LogP contribution in [0.4, 0.5) is 17.1 Å². The lowest BCUT2D eigenvalue weighted by molar-refractivity contribution is -0.384. The van der Waals surface area contributed by atoms with E-state index in [1.807, 2.05) is 42.5 Å². The van der Waals surface area contributed by atoms with E-state index in [9.17, 15) is 14.9 Å². The highest BCUT2D eigenvalue weighted by Crippen LogP contribution is 2.17. The third-order valence-electron chi connectivity index (χ3n) is 3.76. The number of rotatable bonds is 6. The van der Waals surface area contributed by atoms with Crippen LogP contribution in [0.5, 0.6) is 0 Å². The summed E-state index contributed by atoms with van der Waals surface area (Å²) in [5.41, 5.74) is 3.19. The Balaban J connectivity index is 1.65.